The summed E-state index contributed by atoms with van der Waals surface area (Å²) in [6.07, 6.45) is 0. The van der Waals surface area contributed by atoms with Crippen LogP contribution in [0.15, 0.2) is 48.5 Å². The molecule has 0 unspecified atom stereocenters. The summed E-state index contributed by atoms with van der Waals surface area (Å²) >= 11 is 0. The molecule has 26 heavy (non-hydrogen) atoms. The number of nitrogens with two attached hydrogens (primary N) is 1. The molecule has 0 bridgehead atoms. The zero-order valence-electron chi connectivity index (χ0n) is 14.7. The van der Waals surface area contributed by atoms with Crippen LogP contribution in [0.25, 0.3) is 22.2 Å². The van der Waals surface area contributed by atoms with E-state index in [1.165, 1.54) is 0 Å². The first-order chi connectivity index (χ1) is 12.5. The summed E-state index contributed by atoms with van der Waals surface area (Å²) in [4.78, 5) is 17.3. The molecule has 0 aliphatic heterocycles. The largest absolute Gasteiger partial charge is 0.494 e. The second-order valence-electron chi connectivity index (χ2n) is 5.85. The average Bonchev–Trinajstić information content (AvgIpc) is 2.61. The zero-order valence-corrected chi connectivity index (χ0v) is 14.7. The standard InChI is InChI=1S/C20H20N4O2/c1-3-26-13-8-9-17-15(10-13)16(19(25)24-20(21)22)11-18(23-17)14-7-5-4-6-12(14)2/h4-11H,3H2,1-2H3,(H4,21,22,24,25). The predicted octanol–water partition coefficient (Wildman–Crippen LogP) is 3.23. The molecule has 0 aliphatic carbocycles. The first-order valence-electron chi connectivity index (χ1n) is 8.28. The Bertz CT molecular complexity index is 998. The molecule has 1 aromatic heterocycles. The number of carbonyl (C=O) groups is 1. The zero-order chi connectivity index (χ0) is 18.7. The van der Waals surface area contributed by atoms with Gasteiger partial charge in [0.15, 0.2) is 5.96 Å². The van der Waals surface area contributed by atoms with Gasteiger partial charge in [-0.15, -0.1) is 0 Å². The summed E-state index contributed by atoms with van der Waals surface area (Å²) in [5, 5.41) is 10.3. The quantitative estimate of drug-likeness (QED) is 0.498. The summed E-state index contributed by atoms with van der Waals surface area (Å²) in [5.74, 6) is -0.200. The number of pyridine rings is 1. The van der Waals surface area contributed by atoms with Crippen LogP contribution in [0, 0.1) is 12.3 Å². The van der Waals surface area contributed by atoms with E-state index >= 15 is 0 Å². The lowest BCUT2D eigenvalue weighted by atomic mass is 10.0. The molecule has 0 fully saturated rings. The van der Waals surface area contributed by atoms with Gasteiger partial charge in [-0.25, -0.2) is 4.98 Å². The normalized spacial score (nSPS) is 10.5. The molecule has 1 heterocycles. The number of guanidine groups is 1. The van der Waals surface area contributed by atoms with Crippen molar-refractivity contribution in [1.29, 1.82) is 5.41 Å². The van der Waals surface area contributed by atoms with E-state index in [9.17, 15) is 4.79 Å². The van der Waals surface area contributed by atoms with Crippen molar-refractivity contribution in [2.75, 3.05) is 6.61 Å². The summed E-state index contributed by atoms with van der Waals surface area (Å²) < 4.78 is 5.54. The van der Waals surface area contributed by atoms with Crippen molar-refractivity contribution in [2.45, 2.75) is 13.8 Å². The van der Waals surface area contributed by atoms with Crippen molar-refractivity contribution in [3.8, 4) is 17.0 Å². The molecule has 0 saturated heterocycles. The highest BCUT2D eigenvalue weighted by Crippen LogP contribution is 2.29. The highest BCUT2D eigenvalue weighted by molar-refractivity contribution is 6.12. The number of benzene rings is 2. The van der Waals surface area contributed by atoms with Crippen LogP contribution >= 0.6 is 0 Å². The number of amides is 1. The molecule has 3 rings (SSSR count). The molecule has 0 atom stereocenters. The molecular formula is C20H20N4O2. The minimum atomic E-state index is -0.451. The van der Waals surface area contributed by atoms with Crippen LogP contribution in [0.3, 0.4) is 0 Å². The van der Waals surface area contributed by atoms with E-state index in [1.807, 2.05) is 50.2 Å². The number of nitrogens with one attached hydrogen (secondary N) is 2. The summed E-state index contributed by atoms with van der Waals surface area (Å²) in [6.45, 7) is 4.41. The third-order valence-electron chi connectivity index (χ3n) is 4.00. The predicted molar refractivity (Wildman–Crippen MR) is 102 cm³/mol. The molecule has 2 aromatic carbocycles. The lowest BCUT2D eigenvalue weighted by Gasteiger charge is -2.12. The van der Waals surface area contributed by atoms with E-state index in [0.29, 0.717) is 34.5 Å². The molecule has 1 amide bonds. The maximum atomic E-state index is 12.6. The van der Waals surface area contributed by atoms with Gasteiger partial charge < -0.3 is 10.5 Å². The number of hydrogen-bond donors (Lipinski definition) is 3. The summed E-state index contributed by atoms with van der Waals surface area (Å²) in [7, 11) is 0. The first-order valence-corrected chi connectivity index (χ1v) is 8.28. The van der Waals surface area contributed by atoms with Crippen LogP contribution in [0.5, 0.6) is 5.75 Å². The van der Waals surface area contributed by atoms with Gasteiger partial charge in [-0.05, 0) is 43.7 Å². The van der Waals surface area contributed by atoms with Gasteiger partial charge in [0.25, 0.3) is 5.91 Å². The first kappa shape index (κ1) is 17.4. The maximum Gasteiger partial charge on any atom is 0.258 e. The van der Waals surface area contributed by atoms with Crippen molar-refractivity contribution in [2.24, 2.45) is 5.73 Å². The minimum absolute atomic E-state index is 0.394. The molecule has 3 aromatic rings. The van der Waals surface area contributed by atoms with Crippen molar-refractivity contribution < 1.29 is 9.53 Å². The van der Waals surface area contributed by atoms with E-state index in [4.69, 9.17) is 20.9 Å². The fraction of sp³-hybridized carbons (Fsp3) is 0.150. The molecule has 6 nitrogen and oxygen atoms in total. The average molecular weight is 348 g/mol. The molecule has 4 N–H and O–H groups in total. The van der Waals surface area contributed by atoms with Gasteiger partial charge in [-0.3, -0.25) is 15.5 Å². The maximum absolute atomic E-state index is 12.6. The van der Waals surface area contributed by atoms with Crippen LogP contribution in [-0.4, -0.2) is 23.5 Å². The Hall–Kier alpha value is -3.41. The van der Waals surface area contributed by atoms with Crippen molar-refractivity contribution in [3.05, 3.63) is 59.7 Å². The number of hydrogen-bond acceptors (Lipinski definition) is 4. The summed E-state index contributed by atoms with van der Waals surface area (Å²) in [6, 6.07) is 15.0. The van der Waals surface area contributed by atoms with Crippen LogP contribution in [-0.2, 0) is 0 Å². The summed E-state index contributed by atoms with van der Waals surface area (Å²) in [5.41, 5.74) is 9.09. The SMILES string of the molecule is CCOc1ccc2nc(-c3ccccc3C)cc(C(=O)NC(=N)N)c2c1. The van der Waals surface area contributed by atoms with E-state index < -0.39 is 11.9 Å². The van der Waals surface area contributed by atoms with Crippen molar-refractivity contribution >= 4 is 22.8 Å². The monoisotopic (exact) mass is 348 g/mol. The topological polar surface area (TPSA) is 101 Å². The lowest BCUT2D eigenvalue weighted by molar-refractivity contribution is 0.0978. The van der Waals surface area contributed by atoms with Crippen molar-refractivity contribution in [1.82, 2.24) is 10.3 Å². The van der Waals surface area contributed by atoms with Gasteiger partial charge in [0.05, 0.1) is 23.4 Å². The minimum Gasteiger partial charge on any atom is -0.494 e. The molecule has 0 radical (unpaired) electrons. The van der Waals surface area contributed by atoms with E-state index in [0.717, 1.165) is 11.1 Å². The number of nitrogens with zero attached hydrogens (tertiary/aromatic N) is 1. The second kappa shape index (κ2) is 7.23. The van der Waals surface area contributed by atoms with E-state index in [-0.39, 0.29) is 0 Å². The van der Waals surface area contributed by atoms with Gasteiger partial charge in [-0.1, -0.05) is 24.3 Å². The van der Waals surface area contributed by atoms with Crippen LogP contribution in [0.2, 0.25) is 0 Å². The smallest absolute Gasteiger partial charge is 0.258 e. The molecule has 132 valence electrons. The Morgan fingerprint density at radius 1 is 1.23 bits per heavy atom. The fourth-order valence-corrected chi connectivity index (χ4v) is 2.84. The van der Waals surface area contributed by atoms with Crippen LogP contribution < -0.4 is 15.8 Å². The van der Waals surface area contributed by atoms with Gasteiger partial charge in [0.1, 0.15) is 5.75 Å². The molecule has 0 spiro atoms. The lowest BCUT2D eigenvalue weighted by Crippen LogP contribution is -2.35. The third-order valence-corrected chi connectivity index (χ3v) is 4.00. The highest BCUT2D eigenvalue weighted by atomic mass is 16.5. The van der Waals surface area contributed by atoms with E-state index in [2.05, 4.69) is 5.32 Å². The third kappa shape index (κ3) is 3.49. The number of fused-ring (bicyclic) bond motifs is 1. The van der Waals surface area contributed by atoms with Gasteiger partial charge in [0, 0.05) is 10.9 Å². The van der Waals surface area contributed by atoms with Gasteiger partial charge in [-0.2, -0.15) is 0 Å². The number of carbonyl (C=O) groups excluding carboxylic acids is 1. The number of ether oxygens (including phenoxy) is 1. The molecule has 6 heteroatoms. The molecule has 0 aliphatic rings. The Labute approximate surface area is 151 Å². The highest BCUT2D eigenvalue weighted by Gasteiger charge is 2.16. The number of aryl methyl sites for hydroxylation is 1. The van der Waals surface area contributed by atoms with E-state index in [1.54, 1.807) is 12.1 Å². The number of aromatic nitrogens is 1. The van der Waals surface area contributed by atoms with Gasteiger partial charge in [0.2, 0.25) is 0 Å². The Kier molecular flexibility index (Phi) is 4.84. The Morgan fingerprint density at radius 2 is 2.00 bits per heavy atom. The fourth-order valence-electron chi connectivity index (χ4n) is 2.84. The number of rotatable bonds is 4. The molecule has 0 saturated carbocycles. The van der Waals surface area contributed by atoms with Crippen LogP contribution in [0.4, 0.5) is 0 Å². The Balaban J connectivity index is 2.23. The van der Waals surface area contributed by atoms with Gasteiger partial charge >= 0.3 is 0 Å². The molecular weight excluding hydrogens is 328 g/mol. The van der Waals surface area contributed by atoms with Crippen LogP contribution in [0.1, 0.15) is 22.8 Å². The second-order valence-corrected chi connectivity index (χ2v) is 5.85. The Morgan fingerprint density at radius 3 is 2.69 bits per heavy atom. The van der Waals surface area contributed by atoms with Crippen molar-refractivity contribution in [3.63, 3.8) is 0 Å².